The molecule has 1 aliphatic rings. The van der Waals surface area contributed by atoms with Crippen molar-refractivity contribution in [2.75, 3.05) is 0 Å². The predicted octanol–water partition coefficient (Wildman–Crippen LogP) is 2.05. The van der Waals surface area contributed by atoms with Crippen molar-refractivity contribution >= 4 is 5.78 Å². The largest absolute Gasteiger partial charge is 0.505 e. The van der Waals surface area contributed by atoms with E-state index in [1.165, 1.54) is 6.07 Å². The van der Waals surface area contributed by atoms with E-state index in [2.05, 4.69) is 0 Å². The quantitative estimate of drug-likeness (QED) is 0.663. The molecule has 1 aromatic rings. The Kier molecular flexibility index (Phi) is 1.79. The summed E-state index contributed by atoms with van der Waals surface area (Å²) in [6.07, 6.45) is 2.02. The van der Waals surface area contributed by atoms with Crippen molar-refractivity contribution in [3.8, 4) is 5.75 Å². The van der Waals surface area contributed by atoms with Gasteiger partial charge in [0.05, 0.1) is 0 Å². The van der Waals surface area contributed by atoms with E-state index in [4.69, 9.17) is 5.11 Å². The number of fused-ring (bicyclic) bond motifs is 1. The Balaban J connectivity index is 2.58. The number of phenolic OH excluding ortho intramolecular Hbond substituents is 1. The van der Waals surface area contributed by atoms with Crippen LogP contribution in [0.3, 0.4) is 0 Å². The van der Waals surface area contributed by atoms with E-state index in [9.17, 15) is 9.18 Å². The van der Waals surface area contributed by atoms with Crippen molar-refractivity contribution < 1.29 is 14.3 Å². The minimum atomic E-state index is -0.714. The summed E-state index contributed by atoms with van der Waals surface area (Å²) in [6, 6.07) is 2.48. The molecule has 0 aliphatic heterocycles. The third-order valence-corrected chi connectivity index (χ3v) is 2.32. The number of Topliss-reactive ketones (excluding diaryl/α,β-unsaturated/α-hetero) is 1. The number of carbonyl (C=O) groups is 1. The summed E-state index contributed by atoms with van der Waals surface area (Å²) >= 11 is 0. The molecule has 0 saturated carbocycles. The number of rotatable bonds is 0. The third kappa shape index (κ3) is 1.30. The molecule has 0 unspecified atom stereocenters. The van der Waals surface area contributed by atoms with Crippen LogP contribution < -0.4 is 0 Å². The zero-order valence-electron chi connectivity index (χ0n) is 7.01. The maximum absolute atomic E-state index is 12.9. The van der Waals surface area contributed by atoms with Crippen molar-refractivity contribution in [1.29, 1.82) is 0 Å². The van der Waals surface area contributed by atoms with Crippen LogP contribution in [0.4, 0.5) is 4.39 Å². The van der Waals surface area contributed by atoms with Crippen LogP contribution in [0, 0.1) is 5.82 Å². The minimum Gasteiger partial charge on any atom is -0.505 e. The topological polar surface area (TPSA) is 37.3 Å². The molecule has 0 saturated heterocycles. The van der Waals surface area contributed by atoms with Gasteiger partial charge in [0.25, 0.3) is 0 Å². The molecule has 0 aromatic heterocycles. The third-order valence-electron chi connectivity index (χ3n) is 2.32. The lowest BCUT2D eigenvalue weighted by atomic mass is 9.90. The fourth-order valence-electron chi connectivity index (χ4n) is 1.65. The molecule has 1 N–H and O–H groups in total. The summed E-state index contributed by atoms with van der Waals surface area (Å²) in [4.78, 5) is 11.3. The number of phenols is 1. The van der Waals surface area contributed by atoms with Gasteiger partial charge in [-0.3, -0.25) is 4.79 Å². The van der Waals surface area contributed by atoms with Crippen molar-refractivity contribution in [2.45, 2.75) is 19.3 Å². The smallest absolute Gasteiger partial charge is 0.165 e. The first-order valence-electron chi connectivity index (χ1n) is 4.23. The number of aryl methyl sites for hydroxylation is 1. The van der Waals surface area contributed by atoms with Crippen LogP contribution in [0.25, 0.3) is 0 Å². The van der Waals surface area contributed by atoms with Gasteiger partial charge in [0, 0.05) is 12.0 Å². The molecular formula is C10H9FO2. The fraction of sp³-hybridized carbons (Fsp3) is 0.300. The van der Waals surface area contributed by atoms with E-state index in [1.807, 2.05) is 0 Å². The molecule has 2 nitrogen and oxygen atoms in total. The van der Waals surface area contributed by atoms with Crippen LogP contribution in [0.1, 0.15) is 28.8 Å². The maximum Gasteiger partial charge on any atom is 0.165 e. The van der Waals surface area contributed by atoms with Crippen LogP contribution in [-0.2, 0) is 6.42 Å². The first kappa shape index (κ1) is 8.23. The number of halogens is 1. The van der Waals surface area contributed by atoms with Crippen molar-refractivity contribution in [1.82, 2.24) is 0 Å². The second kappa shape index (κ2) is 2.83. The van der Waals surface area contributed by atoms with Gasteiger partial charge in [-0.2, -0.15) is 0 Å². The lowest BCUT2D eigenvalue weighted by molar-refractivity contribution is 0.0972. The second-order valence-corrected chi connectivity index (χ2v) is 3.24. The maximum atomic E-state index is 12.9. The summed E-state index contributed by atoms with van der Waals surface area (Å²) in [7, 11) is 0. The summed E-state index contributed by atoms with van der Waals surface area (Å²) in [5.41, 5.74) is 1.19. The lowest BCUT2D eigenvalue weighted by Crippen LogP contribution is -2.10. The van der Waals surface area contributed by atoms with E-state index in [0.29, 0.717) is 12.0 Å². The number of aromatic hydroxyl groups is 1. The highest BCUT2D eigenvalue weighted by molar-refractivity contribution is 5.98. The zero-order chi connectivity index (χ0) is 9.42. The summed E-state index contributed by atoms with van der Waals surface area (Å²) < 4.78 is 12.9. The standard InChI is InChI=1S/C10H9FO2/c11-8-5-7-6(4-10(8)13)2-1-3-9(7)12/h4-5,13H,1-3H2. The molecular weight excluding hydrogens is 171 g/mol. The normalized spacial score (nSPS) is 15.6. The lowest BCUT2D eigenvalue weighted by Gasteiger charge is -2.14. The Bertz CT molecular complexity index is 371. The predicted molar refractivity (Wildman–Crippen MR) is 45.3 cm³/mol. The van der Waals surface area contributed by atoms with Crippen LogP contribution in [-0.4, -0.2) is 10.9 Å². The Morgan fingerprint density at radius 1 is 1.31 bits per heavy atom. The molecule has 0 bridgehead atoms. The number of benzene rings is 1. The average molecular weight is 180 g/mol. The Morgan fingerprint density at radius 2 is 2.08 bits per heavy atom. The molecule has 0 radical (unpaired) electrons. The number of hydrogen-bond acceptors (Lipinski definition) is 2. The molecule has 0 spiro atoms. The molecule has 1 aromatic carbocycles. The minimum absolute atomic E-state index is 0.0276. The van der Waals surface area contributed by atoms with E-state index >= 15 is 0 Å². The average Bonchev–Trinajstić information content (AvgIpc) is 2.09. The highest BCUT2D eigenvalue weighted by Crippen LogP contribution is 2.27. The van der Waals surface area contributed by atoms with Crippen LogP contribution in [0.15, 0.2) is 12.1 Å². The molecule has 0 atom stereocenters. The molecule has 2 rings (SSSR count). The Labute approximate surface area is 75.0 Å². The summed E-state index contributed by atoms with van der Waals surface area (Å²) in [5.74, 6) is -1.11. The van der Waals surface area contributed by atoms with Gasteiger partial charge in [-0.1, -0.05) is 0 Å². The SMILES string of the molecule is O=C1CCCc2cc(O)c(F)cc21. The highest BCUT2D eigenvalue weighted by atomic mass is 19.1. The van der Waals surface area contributed by atoms with Gasteiger partial charge >= 0.3 is 0 Å². The molecule has 68 valence electrons. The molecule has 13 heavy (non-hydrogen) atoms. The van der Waals surface area contributed by atoms with Crippen molar-refractivity contribution in [2.24, 2.45) is 0 Å². The molecule has 3 heteroatoms. The molecule has 1 aliphatic carbocycles. The van der Waals surface area contributed by atoms with Gasteiger partial charge in [0.1, 0.15) is 0 Å². The van der Waals surface area contributed by atoms with Gasteiger partial charge in [0.15, 0.2) is 17.3 Å². The van der Waals surface area contributed by atoms with E-state index in [0.717, 1.165) is 24.5 Å². The zero-order valence-corrected chi connectivity index (χ0v) is 7.01. The van der Waals surface area contributed by atoms with E-state index in [-0.39, 0.29) is 11.5 Å². The van der Waals surface area contributed by atoms with Gasteiger partial charge in [0.2, 0.25) is 0 Å². The Hall–Kier alpha value is -1.38. The Morgan fingerprint density at radius 3 is 2.85 bits per heavy atom. The van der Waals surface area contributed by atoms with Crippen LogP contribution >= 0.6 is 0 Å². The highest BCUT2D eigenvalue weighted by Gasteiger charge is 2.19. The van der Waals surface area contributed by atoms with E-state index in [1.54, 1.807) is 0 Å². The van der Waals surface area contributed by atoms with Gasteiger partial charge in [-0.05, 0) is 30.5 Å². The van der Waals surface area contributed by atoms with Crippen LogP contribution in [0.5, 0.6) is 5.75 Å². The number of ketones is 1. The number of carbonyl (C=O) groups excluding carboxylic acids is 1. The van der Waals surface area contributed by atoms with Crippen LogP contribution in [0.2, 0.25) is 0 Å². The number of hydrogen-bond donors (Lipinski definition) is 1. The molecule has 0 fully saturated rings. The van der Waals surface area contributed by atoms with Gasteiger partial charge in [-0.25, -0.2) is 4.39 Å². The molecule has 0 amide bonds. The summed E-state index contributed by atoms with van der Waals surface area (Å²) in [6.45, 7) is 0. The van der Waals surface area contributed by atoms with Gasteiger partial charge < -0.3 is 5.11 Å². The monoisotopic (exact) mass is 180 g/mol. The second-order valence-electron chi connectivity index (χ2n) is 3.24. The summed E-state index contributed by atoms with van der Waals surface area (Å²) in [5, 5.41) is 9.08. The first-order valence-corrected chi connectivity index (χ1v) is 4.23. The van der Waals surface area contributed by atoms with Crippen molar-refractivity contribution in [3.63, 3.8) is 0 Å². The molecule has 0 heterocycles. The van der Waals surface area contributed by atoms with Crippen molar-refractivity contribution in [3.05, 3.63) is 29.1 Å². The van der Waals surface area contributed by atoms with Gasteiger partial charge in [-0.15, -0.1) is 0 Å². The van der Waals surface area contributed by atoms with E-state index < -0.39 is 5.82 Å². The first-order chi connectivity index (χ1) is 6.18. The fourth-order valence-corrected chi connectivity index (χ4v) is 1.65.